The van der Waals surface area contributed by atoms with E-state index in [-0.39, 0.29) is 12.0 Å². The van der Waals surface area contributed by atoms with E-state index in [0.29, 0.717) is 12.6 Å². The number of anilines is 1. The summed E-state index contributed by atoms with van der Waals surface area (Å²) in [5.41, 5.74) is 0. The third-order valence-corrected chi connectivity index (χ3v) is 2.86. The number of nitrogens with one attached hydrogen (secondary N) is 2. The Balaban J connectivity index is 1.88. The number of urea groups is 1. The van der Waals surface area contributed by atoms with Crippen LogP contribution in [0.4, 0.5) is 10.7 Å². The first kappa shape index (κ1) is 12.7. The number of hydrogen-bond acceptors (Lipinski definition) is 4. The Hall–Kier alpha value is -1.79. The van der Waals surface area contributed by atoms with E-state index in [2.05, 4.69) is 20.5 Å². The normalized spacial score (nSPS) is 16.2. The minimum atomic E-state index is -0.129. The average molecular weight is 253 g/mol. The quantitative estimate of drug-likeness (QED) is 0.857. The van der Waals surface area contributed by atoms with Gasteiger partial charge in [-0.2, -0.15) is 4.98 Å². The van der Waals surface area contributed by atoms with Crippen LogP contribution in [0.25, 0.3) is 0 Å². The summed E-state index contributed by atoms with van der Waals surface area (Å²) in [4.78, 5) is 17.8. The molecule has 1 fully saturated rings. The van der Waals surface area contributed by atoms with E-state index in [4.69, 9.17) is 4.74 Å². The molecule has 1 aromatic heterocycles. The van der Waals surface area contributed by atoms with Gasteiger partial charge < -0.3 is 9.64 Å². The number of rotatable bonds is 3. The molecule has 0 aromatic carbocycles. The van der Waals surface area contributed by atoms with Gasteiger partial charge >= 0.3 is 12.0 Å². The van der Waals surface area contributed by atoms with Crippen molar-refractivity contribution in [3.8, 4) is 6.01 Å². The SMILES string of the molecule is CCOc1n[nH]c(NC(=O)N2CCCCCC2)n1. The summed E-state index contributed by atoms with van der Waals surface area (Å²) in [6, 6.07) is 0.125. The highest BCUT2D eigenvalue weighted by molar-refractivity contribution is 5.87. The van der Waals surface area contributed by atoms with Gasteiger partial charge in [-0.3, -0.25) is 5.32 Å². The first-order valence-electron chi connectivity index (χ1n) is 6.40. The van der Waals surface area contributed by atoms with Crippen LogP contribution in [0, 0.1) is 0 Å². The fraction of sp³-hybridized carbons (Fsp3) is 0.727. The van der Waals surface area contributed by atoms with Gasteiger partial charge in [0.05, 0.1) is 6.61 Å². The number of H-pyrrole nitrogens is 1. The topological polar surface area (TPSA) is 83.1 Å². The molecule has 0 spiro atoms. The Morgan fingerprint density at radius 2 is 2.11 bits per heavy atom. The monoisotopic (exact) mass is 253 g/mol. The van der Waals surface area contributed by atoms with Gasteiger partial charge in [-0.05, 0) is 19.8 Å². The minimum absolute atomic E-state index is 0.129. The number of aromatic amines is 1. The van der Waals surface area contributed by atoms with Crippen LogP contribution in [-0.4, -0.2) is 45.8 Å². The summed E-state index contributed by atoms with van der Waals surface area (Å²) < 4.78 is 5.12. The van der Waals surface area contributed by atoms with E-state index in [9.17, 15) is 4.79 Å². The molecule has 7 nitrogen and oxygen atoms in total. The number of ether oxygens (including phenoxy) is 1. The molecule has 1 aliphatic rings. The van der Waals surface area contributed by atoms with Crippen LogP contribution in [0.5, 0.6) is 6.01 Å². The molecule has 2 rings (SSSR count). The van der Waals surface area contributed by atoms with Crippen LogP contribution in [0.1, 0.15) is 32.6 Å². The fourth-order valence-corrected chi connectivity index (χ4v) is 1.95. The average Bonchev–Trinajstić information content (AvgIpc) is 2.65. The first-order valence-corrected chi connectivity index (χ1v) is 6.40. The third-order valence-electron chi connectivity index (χ3n) is 2.86. The number of nitrogens with zero attached hydrogens (tertiary/aromatic N) is 3. The lowest BCUT2D eigenvalue weighted by Gasteiger charge is -2.19. The molecule has 1 saturated heterocycles. The lowest BCUT2D eigenvalue weighted by molar-refractivity contribution is 0.213. The zero-order valence-electron chi connectivity index (χ0n) is 10.6. The molecule has 0 unspecified atom stereocenters. The van der Waals surface area contributed by atoms with Gasteiger partial charge in [0.1, 0.15) is 0 Å². The maximum absolute atomic E-state index is 12.0. The highest BCUT2D eigenvalue weighted by Crippen LogP contribution is 2.11. The summed E-state index contributed by atoms with van der Waals surface area (Å²) in [5, 5.41) is 9.16. The summed E-state index contributed by atoms with van der Waals surface area (Å²) in [7, 11) is 0. The van der Waals surface area contributed by atoms with Crippen LogP contribution >= 0.6 is 0 Å². The second kappa shape index (κ2) is 6.23. The van der Waals surface area contributed by atoms with Crippen molar-refractivity contribution in [2.45, 2.75) is 32.6 Å². The molecule has 2 heterocycles. The molecular weight excluding hydrogens is 234 g/mol. The van der Waals surface area contributed by atoms with Crippen LogP contribution in [0.15, 0.2) is 0 Å². The second-order valence-corrected chi connectivity index (χ2v) is 4.23. The van der Waals surface area contributed by atoms with Crippen molar-refractivity contribution in [1.82, 2.24) is 20.1 Å². The Kier molecular flexibility index (Phi) is 4.38. The first-order chi connectivity index (χ1) is 8.79. The van der Waals surface area contributed by atoms with Gasteiger partial charge in [0.25, 0.3) is 0 Å². The van der Waals surface area contributed by atoms with E-state index in [0.717, 1.165) is 25.9 Å². The zero-order valence-corrected chi connectivity index (χ0v) is 10.6. The second-order valence-electron chi connectivity index (χ2n) is 4.23. The van der Waals surface area contributed by atoms with E-state index in [1.54, 1.807) is 0 Å². The molecule has 2 N–H and O–H groups in total. The number of hydrogen-bond donors (Lipinski definition) is 2. The van der Waals surface area contributed by atoms with Gasteiger partial charge in [-0.25, -0.2) is 9.89 Å². The molecule has 2 amide bonds. The molecule has 0 bridgehead atoms. The van der Waals surface area contributed by atoms with Crippen LogP contribution in [0.2, 0.25) is 0 Å². The Morgan fingerprint density at radius 1 is 1.39 bits per heavy atom. The van der Waals surface area contributed by atoms with E-state index < -0.39 is 0 Å². The molecule has 100 valence electrons. The number of likely N-dealkylation sites (tertiary alicyclic amines) is 1. The lowest BCUT2D eigenvalue weighted by atomic mass is 10.2. The standard InChI is InChI=1S/C11H19N5O2/c1-2-18-10-12-9(14-15-10)13-11(17)16-7-5-3-4-6-8-16/h2-8H2,1H3,(H2,12,13,14,15,17). The van der Waals surface area contributed by atoms with Gasteiger partial charge in [-0.1, -0.05) is 12.8 Å². The van der Waals surface area contributed by atoms with E-state index >= 15 is 0 Å². The Bertz CT molecular complexity index is 385. The maximum atomic E-state index is 12.0. The smallest absolute Gasteiger partial charge is 0.337 e. The largest absolute Gasteiger partial charge is 0.463 e. The van der Waals surface area contributed by atoms with Crippen molar-refractivity contribution < 1.29 is 9.53 Å². The summed E-state index contributed by atoms with van der Waals surface area (Å²) in [6.45, 7) is 3.96. The highest BCUT2D eigenvalue weighted by atomic mass is 16.5. The van der Waals surface area contributed by atoms with Crippen molar-refractivity contribution >= 4 is 12.0 Å². The number of aromatic nitrogens is 3. The lowest BCUT2D eigenvalue weighted by Crippen LogP contribution is -2.35. The molecule has 0 radical (unpaired) electrons. The molecule has 7 heteroatoms. The van der Waals surface area contributed by atoms with Crippen molar-refractivity contribution in [1.29, 1.82) is 0 Å². The summed E-state index contributed by atoms with van der Waals surface area (Å²) in [6.07, 6.45) is 4.52. The summed E-state index contributed by atoms with van der Waals surface area (Å²) >= 11 is 0. The van der Waals surface area contributed by atoms with Crippen LogP contribution in [0.3, 0.4) is 0 Å². The van der Waals surface area contributed by atoms with Gasteiger partial charge in [-0.15, -0.1) is 5.10 Å². The fourth-order valence-electron chi connectivity index (χ4n) is 1.95. The predicted molar refractivity (Wildman–Crippen MR) is 66.6 cm³/mol. The number of carbonyl (C=O) groups excluding carboxylic acids is 1. The molecule has 0 aliphatic carbocycles. The molecule has 18 heavy (non-hydrogen) atoms. The van der Waals surface area contributed by atoms with E-state index in [1.807, 2.05) is 11.8 Å². The molecule has 0 saturated carbocycles. The van der Waals surface area contributed by atoms with Crippen LogP contribution < -0.4 is 10.1 Å². The predicted octanol–water partition coefficient (Wildman–Crippen LogP) is 1.61. The maximum Gasteiger partial charge on any atom is 0.337 e. The zero-order chi connectivity index (χ0) is 12.8. The van der Waals surface area contributed by atoms with Crippen molar-refractivity contribution in [3.63, 3.8) is 0 Å². The third kappa shape index (κ3) is 3.35. The number of amides is 2. The van der Waals surface area contributed by atoms with Gasteiger partial charge in [0.15, 0.2) is 0 Å². The highest BCUT2D eigenvalue weighted by Gasteiger charge is 2.16. The molecule has 1 aromatic rings. The molecular formula is C11H19N5O2. The van der Waals surface area contributed by atoms with Crippen molar-refractivity contribution in [3.05, 3.63) is 0 Å². The van der Waals surface area contributed by atoms with Crippen LogP contribution in [-0.2, 0) is 0 Å². The van der Waals surface area contributed by atoms with Gasteiger partial charge in [0, 0.05) is 13.1 Å². The van der Waals surface area contributed by atoms with Gasteiger partial charge in [0.2, 0.25) is 5.95 Å². The molecule has 1 aliphatic heterocycles. The number of carbonyl (C=O) groups is 1. The Morgan fingerprint density at radius 3 is 2.78 bits per heavy atom. The summed E-state index contributed by atoms with van der Waals surface area (Å²) in [5.74, 6) is 0.327. The van der Waals surface area contributed by atoms with Crippen molar-refractivity contribution in [2.24, 2.45) is 0 Å². The van der Waals surface area contributed by atoms with E-state index in [1.165, 1.54) is 12.8 Å². The Labute approximate surface area is 106 Å². The molecule has 0 atom stereocenters. The minimum Gasteiger partial charge on any atom is -0.463 e. The van der Waals surface area contributed by atoms with Crippen molar-refractivity contribution in [2.75, 3.05) is 25.0 Å².